The molecule has 0 saturated carbocycles. The molecule has 2 heterocycles. The first kappa shape index (κ1) is 19.6. The van der Waals surface area contributed by atoms with Gasteiger partial charge in [-0.05, 0) is 25.0 Å². The van der Waals surface area contributed by atoms with E-state index in [1.54, 1.807) is 29.3 Å². The Hall–Kier alpha value is -1.37. The van der Waals surface area contributed by atoms with E-state index < -0.39 is 0 Å². The number of hydrogen-bond donors (Lipinski definition) is 2. The maximum absolute atomic E-state index is 12.0. The summed E-state index contributed by atoms with van der Waals surface area (Å²) in [6, 6.07) is 5.18. The van der Waals surface area contributed by atoms with Gasteiger partial charge in [0, 0.05) is 25.3 Å². The van der Waals surface area contributed by atoms with E-state index in [4.69, 9.17) is 5.73 Å². The molecule has 3 N–H and O–H groups in total. The number of carbonyl (C=O) groups excluding carboxylic acids is 2. The third-order valence-corrected chi connectivity index (χ3v) is 3.27. The summed E-state index contributed by atoms with van der Waals surface area (Å²) in [7, 11) is 0. The van der Waals surface area contributed by atoms with Crippen molar-refractivity contribution in [2.75, 3.05) is 19.6 Å². The molecular formula is C13H20Cl2N4O2. The number of nitrogens with two attached hydrogens (primary N) is 1. The minimum absolute atomic E-state index is 0. The van der Waals surface area contributed by atoms with Crippen molar-refractivity contribution in [3.63, 3.8) is 0 Å². The quantitative estimate of drug-likeness (QED) is 0.844. The second-order valence-electron chi connectivity index (χ2n) is 4.52. The fourth-order valence-electron chi connectivity index (χ4n) is 2.25. The maximum Gasteiger partial charge on any atom is 0.270 e. The highest BCUT2D eigenvalue weighted by molar-refractivity contribution is 5.94. The topological polar surface area (TPSA) is 88.3 Å². The average Bonchev–Trinajstić information content (AvgIpc) is 2.93. The number of nitrogens with zero attached hydrogens (tertiary/aromatic N) is 2. The van der Waals surface area contributed by atoms with Crippen LogP contribution >= 0.6 is 24.8 Å². The molecule has 1 unspecified atom stereocenters. The lowest BCUT2D eigenvalue weighted by atomic mass is 10.2. The third-order valence-electron chi connectivity index (χ3n) is 3.27. The normalized spacial score (nSPS) is 16.6. The molecule has 0 radical (unpaired) electrons. The minimum Gasteiger partial charge on any atom is -0.342 e. The summed E-state index contributed by atoms with van der Waals surface area (Å²) in [6.45, 7) is 1.19. The molecule has 8 heteroatoms. The van der Waals surface area contributed by atoms with E-state index in [0.717, 1.165) is 19.4 Å². The molecule has 2 rings (SSSR count). The maximum atomic E-state index is 12.0. The van der Waals surface area contributed by atoms with Crippen LogP contribution in [0.5, 0.6) is 0 Å². The van der Waals surface area contributed by atoms with E-state index in [-0.39, 0.29) is 49.2 Å². The van der Waals surface area contributed by atoms with Gasteiger partial charge in [-0.2, -0.15) is 0 Å². The van der Waals surface area contributed by atoms with Gasteiger partial charge in [0.25, 0.3) is 5.91 Å². The standard InChI is InChI=1S/C13H18N4O2.2ClH/c14-8-10-4-3-7-17(10)12(18)9-16-13(19)11-5-1-2-6-15-11;;/h1-2,5-6,10H,3-4,7-9,14H2,(H,16,19);2*1H. The van der Waals surface area contributed by atoms with Crippen LogP contribution in [0.1, 0.15) is 23.3 Å². The molecule has 1 fully saturated rings. The smallest absolute Gasteiger partial charge is 0.270 e. The Morgan fingerprint density at radius 2 is 2.14 bits per heavy atom. The fraction of sp³-hybridized carbons (Fsp3) is 0.462. The van der Waals surface area contributed by atoms with E-state index in [1.165, 1.54) is 0 Å². The lowest BCUT2D eigenvalue weighted by Crippen LogP contribution is -2.45. The molecule has 21 heavy (non-hydrogen) atoms. The summed E-state index contributed by atoms with van der Waals surface area (Å²) < 4.78 is 0. The van der Waals surface area contributed by atoms with Gasteiger partial charge in [0.15, 0.2) is 0 Å². The first-order valence-corrected chi connectivity index (χ1v) is 6.41. The van der Waals surface area contributed by atoms with Crippen LogP contribution in [0.25, 0.3) is 0 Å². The molecule has 1 atom stereocenters. The summed E-state index contributed by atoms with van der Waals surface area (Å²) >= 11 is 0. The van der Waals surface area contributed by atoms with Crippen LogP contribution < -0.4 is 11.1 Å². The molecule has 0 aliphatic carbocycles. The summed E-state index contributed by atoms with van der Waals surface area (Å²) in [5.41, 5.74) is 5.93. The zero-order valence-electron chi connectivity index (χ0n) is 11.5. The molecule has 1 aromatic rings. The lowest BCUT2D eigenvalue weighted by molar-refractivity contribution is -0.130. The lowest BCUT2D eigenvalue weighted by Gasteiger charge is -2.23. The molecule has 0 spiro atoms. The third kappa shape index (κ3) is 5.15. The van der Waals surface area contributed by atoms with Gasteiger partial charge in [0.05, 0.1) is 6.54 Å². The summed E-state index contributed by atoms with van der Waals surface area (Å²) in [5, 5.41) is 2.59. The van der Waals surface area contributed by atoms with Crippen molar-refractivity contribution in [3.8, 4) is 0 Å². The second kappa shape index (κ2) is 9.55. The predicted molar refractivity (Wildman–Crippen MR) is 84.9 cm³/mol. The fourth-order valence-corrected chi connectivity index (χ4v) is 2.25. The van der Waals surface area contributed by atoms with Gasteiger partial charge < -0.3 is 16.0 Å². The number of halogens is 2. The SMILES string of the molecule is Cl.Cl.NCC1CCCN1C(=O)CNC(=O)c1ccccn1. The number of carbonyl (C=O) groups is 2. The number of pyridine rings is 1. The Bertz CT molecular complexity index is 459. The first-order valence-electron chi connectivity index (χ1n) is 6.41. The van der Waals surface area contributed by atoms with Crippen molar-refractivity contribution in [2.24, 2.45) is 5.73 Å². The van der Waals surface area contributed by atoms with E-state index in [0.29, 0.717) is 12.2 Å². The number of amides is 2. The average molecular weight is 335 g/mol. The van der Waals surface area contributed by atoms with Crippen molar-refractivity contribution < 1.29 is 9.59 Å². The number of aromatic nitrogens is 1. The first-order chi connectivity index (χ1) is 9.22. The number of rotatable bonds is 4. The Morgan fingerprint density at radius 1 is 1.38 bits per heavy atom. The largest absolute Gasteiger partial charge is 0.342 e. The van der Waals surface area contributed by atoms with Gasteiger partial charge in [0.1, 0.15) is 5.69 Å². The molecule has 1 saturated heterocycles. The van der Waals surface area contributed by atoms with Crippen LogP contribution in [0.2, 0.25) is 0 Å². The Balaban J connectivity index is 0.00000200. The van der Waals surface area contributed by atoms with Gasteiger partial charge in [0.2, 0.25) is 5.91 Å². The Labute approximate surface area is 136 Å². The molecular weight excluding hydrogens is 315 g/mol. The highest BCUT2D eigenvalue weighted by atomic mass is 35.5. The predicted octanol–water partition coefficient (Wildman–Crippen LogP) is 0.605. The van der Waals surface area contributed by atoms with E-state index >= 15 is 0 Å². The number of likely N-dealkylation sites (tertiary alicyclic amines) is 1. The van der Waals surface area contributed by atoms with Crippen molar-refractivity contribution in [2.45, 2.75) is 18.9 Å². The molecule has 2 amide bonds. The van der Waals surface area contributed by atoms with Gasteiger partial charge in [-0.3, -0.25) is 14.6 Å². The van der Waals surface area contributed by atoms with Gasteiger partial charge in [-0.1, -0.05) is 6.07 Å². The second-order valence-corrected chi connectivity index (χ2v) is 4.52. The molecule has 6 nitrogen and oxygen atoms in total. The van der Waals surface area contributed by atoms with Crippen molar-refractivity contribution >= 4 is 36.6 Å². The minimum atomic E-state index is -0.336. The molecule has 1 aliphatic rings. The molecule has 0 aromatic carbocycles. The van der Waals surface area contributed by atoms with Gasteiger partial charge in [-0.25, -0.2) is 0 Å². The van der Waals surface area contributed by atoms with Crippen LogP contribution in [0.4, 0.5) is 0 Å². The van der Waals surface area contributed by atoms with E-state index in [2.05, 4.69) is 10.3 Å². The monoisotopic (exact) mass is 334 g/mol. The van der Waals surface area contributed by atoms with Crippen LogP contribution in [-0.4, -0.2) is 47.4 Å². The van der Waals surface area contributed by atoms with E-state index in [9.17, 15) is 9.59 Å². The van der Waals surface area contributed by atoms with Gasteiger partial charge in [-0.15, -0.1) is 24.8 Å². The van der Waals surface area contributed by atoms with Crippen molar-refractivity contribution in [3.05, 3.63) is 30.1 Å². The van der Waals surface area contributed by atoms with Crippen LogP contribution in [0.3, 0.4) is 0 Å². The Morgan fingerprint density at radius 3 is 2.76 bits per heavy atom. The zero-order chi connectivity index (χ0) is 13.7. The van der Waals surface area contributed by atoms with Crippen molar-refractivity contribution in [1.82, 2.24) is 15.2 Å². The summed E-state index contributed by atoms with van der Waals surface area (Å²) in [4.78, 5) is 29.4. The highest BCUT2D eigenvalue weighted by Gasteiger charge is 2.27. The summed E-state index contributed by atoms with van der Waals surface area (Å²) in [5.74, 6) is -0.422. The number of hydrogen-bond acceptors (Lipinski definition) is 4. The van der Waals surface area contributed by atoms with Crippen molar-refractivity contribution in [1.29, 1.82) is 0 Å². The molecule has 1 aliphatic heterocycles. The Kier molecular flexibility index (Phi) is 8.92. The van der Waals surface area contributed by atoms with E-state index in [1.807, 2.05) is 0 Å². The van der Waals surface area contributed by atoms with Gasteiger partial charge >= 0.3 is 0 Å². The highest BCUT2D eigenvalue weighted by Crippen LogP contribution is 2.15. The molecule has 0 bridgehead atoms. The molecule has 1 aromatic heterocycles. The zero-order valence-corrected chi connectivity index (χ0v) is 13.2. The summed E-state index contributed by atoms with van der Waals surface area (Å²) in [6.07, 6.45) is 3.46. The number of nitrogens with one attached hydrogen (secondary N) is 1. The molecule has 118 valence electrons. The van der Waals surface area contributed by atoms with Crippen LogP contribution in [0, 0.1) is 0 Å². The van der Waals surface area contributed by atoms with Crippen LogP contribution in [0.15, 0.2) is 24.4 Å². The van der Waals surface area contributed by atoms with Crippen LogP contribution in [-0.2, 0) is 4.79 Å².